The maximum absolute atomic E-state index is 13.7. The Morgan fingerprint density at radius 1 is 1.00 bits per heavy atom. The number of fused-ring (bicyclic) bond motifs is 2. The molecule has 1 unspecified atom stereocenters. The summed E-state index contributed by atoms with van der Waals surface area (Å²) in [4.78, 5) is 27.2. The summed E-state index contributed by atoms with van der Waals surface area (Å²) in [6.45, 7) is 6.35. The van der Waals surface area contributed by atoms with Crippen molar-refractivity contribution in [3.63, 3.8) is 0 Å². The Morgan fingerprint density at radius 2 is 1.71 bits per heavy atom. The minimum Gasteiger partial charge on any atom is -0.444 e. The van der Waals surface area contributed by atoms with Crippen LogP contribution in [0.3, 0.4) is 0 Å². The first kappa shape index (κ1) is 26.0. The lowest BCUT2D eigenvalue weighted by atomic mass is 9.96. The van der Waals surface area contributed by atoms with Crippen LogP contribution >= 0.6 is 0 Å². The van der Waals surface area contributed by atoms with Crippen LogP contribution in [-0.4, -0.2) is 44.0 Å². The number of amides is 2. The van der Waals surface area contributed by atoms with E-state index in [-0.39, 0.29) is 22.8 Å². The number of hydrazine groups is 1. The molecule has 3 N–H and O–H groups in total. The Morgan fingerprint density at radius 3 is 2.45 bits per heavy atom. The highest BCUT2D eigenvalue weighted by atomic mass is 32.2. The van der Waals surface area contributed by atoms with Crippen molar-refractivity contribution < 1.29 is 22.7 Å². The number of anilines is 2. The zero-order valence-corrected chi connectivity index (χ0v) is 22.5. The third-order valence-electron chi connectivity index (χ3n) is 6.82. The number of hydrogen-bond acceptors (Lipinski definition) is 7. The minimum absolute atomic E-state index is 0.152. The molecular weight excluding hydrogens is 504 g/mol. The van der Waals surface area contributed by atoms with E-state index in [1.165, 1.54) is 0 Å². The standard InChI is InChI=1S/C28H32N4O5S/c1-28(2,3)37-27(34)32-15-13-19(14-16-32)25(33)29-20-11-12-23-22(17-20)26(31-30-23)38(35,36)24-10-6-8-18-7-4-5-9-21(18)24/h4-12,17,19,26,30-31H,13-16H2,1-3H3,(H,29,33). The largest absolute Gasteiger partial charge is 0.444 e. The average Bonchev–Trinajstić information content (AvgIpc) is 3.31. The molecule has 2 aliphatic rings. The SMILES string of the molecule is CC(C)(C)OC(=O)N1CCC(C(=O)Nc2ccc3c(c2)C(S(=O)(=O)c2cccc4ccccc24)NN3)CC1. The highest BCUT2D eigenvalue weighted by Gasteiger charge is 2.36. The molecule has 2 amide bonds. The van der Waals surface area contributed by atoms with E-state index < -0.39 is 20.8 Å². The lowest BCUT2D eigenvalue weighted by molar-refractivity contribution is -0.121. The maximum Gasteiger partial charge on any atom is 0.410 e. The van der Waals surface area contributed by atoms with Crippen molar-refractivity contribution in [2.24, 2.45) is 5.92 Å². The number of rotatable bonds is 4. The van der Waals surface area contributed by atoms with Crippen molar-refractivity contribution in [3.8, 4) is 0 Å². The molecule has 2 aliphatic heterocycles. The molecule has 1 atom stereocenters. The molecule has 1 fully saturated rings. The van der Waals surface area contributed by atoms with Crippen molar-refractivity contribution in [1.82, 2.24) is 10.3 Å². The molecule has 0 bridgehead atoms. The van der Waals surface area contributed by atoms with Gasteiger partial charge in [0.05, 0.1) is 10.6 Å². The Bertz CT molecular complexity index is 1490. The number of ether oxygens (including phenoxy) is 1. The van der Waals surface area contributed by atoms with Gasteiger partial charge in [0, 0.05) is 35.6 Å². The van der Waals surface area contributed by atoms with Gasteiger partial charge >= 0.3 is 6.09 Å². The van der Waals surface area contributed by atoms with Crippen molar-refractivity contribution in [1.29, 1.82) is 0 Å². The molecule has 0 aromatic heterocycles. The number of hydrogen-bond donors (Lipinski definition) is 3. The van der Waals surface area contributed by atoms with Gasteiger partial charge < -0.3 is 20.4 Å². The maximum atomic E-state index is 13.7. The summed E-state index contributed by atoms with van der Waals surface area (Å²) < 4.78 is 32.9. The summed E-state index contributed by atoms with van der Waals surface area (Å²) in [5.41, 5.74) is 6.99. The third kappa shape index (κ3) is 5.19. The second-order valence-corrected chi connectivity index (χ2v) is 12.7. The van der Waals surface area contributed by atoms with Gasteiger partial charge in [0.2, 0.25) is 15.7 Å². The number of piperidine rings is 1. The van der Waals surface area contributed by atoms with Crippen molar-refractivity contribution in [2.75, 3.05) is 23.8 Å². The molecule has 10 heteroatoms. The topological polar surface area (TPSA) is 117 Å². The van der Waals surface area contributed by atoms with E-state index in [0.717, 1.165) is 5.39 Å². The van der Waals surface area contributed by atoms with E-state index in [9.17, 15) is 18.0 Å². The van der Waals surface area contributed by atoms with E-state index in [2.05, 4.69) is 16.2 Å². The fourth-order valence-corrected chi connectivity index (χ4v) is 6.66. The smallest absolute Gasteiger partial charge is 0.410 e. The molecule has 0 aliphatic carbocycles. The summed E-state index contributed by atoms with van der Waals surface area (Å²) in [7, 11) is -3.81. The van der Waals surface area contributed by atoms with E-state index in [4.69, 9.17) is 4.74 Å². The zero-order valence-electron chi connectivity index (χ0n) is 21.7. The fraction of sp³-hybridized carbons (Fsp3) is 0.357. The first-order chi connectivity index (χ1) is 18.0. The normalized spacial score (nSPS) is 18.1. The predicted molar refractivity (Wildman–Crippen MR) is 146 cm³/mol. The van der Waals surface area contributed by atoms with Crippen LogP contribution in [0.5, 0.6) is 0 Å². The Kier molecular flexibility index (Phi) is 6.79. The molecular formula is C28H32N4O5S. The van der Waals surface area contributed by atoms with Crippen LogP contribution in [0.4, 0.5) is 16.2 Å². The fourth-order valence-electron chi connectivity index (χ4n) is 4.90. The van der Waals surface area contributed by atoms with E-state index in [0.29, 0.717) is 48.3 Å². The van der Waals surface area contributed by atoms with Gasteiger partial charge in [-0.2, -0.15) is 0 Å². The summed E-state index contributed by atoms with van der Waals surface area (Å²) in [6, 6.07) is 17.8. The Labute approximate surface area is 222 Å². The zero-order chi connectivity index (χ0) is 27.1. The molecule has 38 heavy (non-hydrogen) atoms. The van der Waals surface area contributed by atoms with Gasteiger partial charge in [-0.05, 0) is 63.3 Å². The first-order valence-corrected chi connectivity index (χ1v) is 14.2. The molecule has 9 nitrogen and oxygen atoms in total. The van der Waals surface area contributed by atoms with Gasteiger partial charge in [-0.25, -0.2) is 18.6 Å². The Balaban J connectivity index is 1.30. The molecule has 1 saturated heterocycles. The number of carbonyl (C=O) groups is 2. The minimum atomic E-state index is -3.81. The van der Waals surface area contributed by atoms with Crippen LogP contribution in [0.2, 0.25) is 0 Å². The van der Waals surface area contributed by atoms with Gasteiger partial charge in [-0.3, -0.25) is 4.79 Å². The first-order valence-electron chi connectivity index (χ1n) is 12.7. The molecule has 2 heterocycles. The van der Waals surface area contributed by atoms with Gasteiger partial charge in [-0.1, -0.05) is 36.4 Å². The van der Waals surface area contributed by atoms with Crippen molar-refractivity contribution in [3.05, 3.63) is 66.2 Å². The van der Waals surface area contributed by atoms with Crippen molar-refractivity contribution >= 4 is 44.0 Å². The van der Waals surface area contributed by atoms with Crippen LogP contribution in [0.25, 0.3) is 10.8 Å². The van der Waals surface area contributed by atoms with Crippen LogP contribution in [0.1, 0.15) is 44.6 Å². The lowest BCUT2D eigenvalue weighted by Crippen LogP contribution is -2.43. The van der Waals surface area contributed by atoms with E-state index in [1.807, 2.05) is 45.0 Å². The number of likely N-dealkylation sites (tertiary alicyclic amines) is 1. The van der Waals surface area contributed by atoms with Crippen LogP contribution < -0.4 is 16.2 Å². The highest BCUT2D eigenvalue weighted by molar-refractivity contribution is 7.92. The van der Waals surface area contributed by atoms with Crippen LogP contribution in [0, 0.1) is 5.92 Å². The number of sulfone groups is 1. The molecule has 5 rings (SSSR count). The molecule has 0 radical (unpaired) electrons. The average molecular weight is 537 g/mol. The molecule has 200 valence electrons. The summed E-state index contributed by atoms with van der Waals surface area (Å²) in [5, 5.41) is 3.43. The summed E-state index contributed by atoms with van der Waals surface area (Å²) in [6.07, 6.45) is 0.683. The van der Waals surface area contributed by atoms with Crippen LogP contribution in [0.15, 0.2) is 65.6 Å². The van der Waals surface area contributed by atoms with Gasteiger partial charge in [0.15, 0.2) is 5.37 Å². The lowest BCUT2D eigenvalue weighted by Gasteiger charge is -2.32. The quantitative estimate of drug-likeness (QED) is 0.437. The summed E-state index contributed by atoms with van der Waals surface area (Å²) >= 11 is 0. The van der Waals surface area contributed by atoms with Crippen molar-refractivity contribution in [2.45, 2.75) is 49.5 Å². The monoisotopic (exact) mass is 536 g/mol. The predicted octanol–water partition coefficient (Wildman–Crippen LogP) is 4.83. The second-order valence-electron chi connectivity index (χ2n) is 10.7. The number of nitrogens with zero attached hydrogens (tertiary/aromatic N) is 1. The number of carbonyl (C=O) groups excluding carboxylic acids is 2. The number of benzene rings is 3. The highest BCUT2D eigenvalue weighted by Crippen LogP contribution is 2.39. The molecule has 3 aromatic rings. The third-order valence-corrected chi connectivity index (χ3v) is 8.78. The number of nitrogens with one attached hydrogen (secondary N) is 3. The van der Waals surface area contributed by atoms with Crippen LogP contribution in [-0.2, 0) is 19.4 Å². The van der Waals surface area contributed by atoms with Gasteiger partial charge in [0.25, 0.3) is 0 Å². The molecule has 3 aromatic carbocycles. The van der Waals surface area contributed by atoms with Gasteiger partial charge in [-0.15, -0.1) is 0 Å². The van der Waals surface area contributed by atoms with E-state index >= 15 is 0 Å². The van der Waals surface area contributed by atoms with Gasteiger partial charge in [0.1, 0.15) is 5.60 Å². The molecule has 0 saturated carbocycles. The summed E-state index contributed by atoms with van der Waals surface area (Å²) in [5.74, 6) is -0.408. The second kappa shape index (κ2) is 9.92. The Hall–Kier alpha value is -3.63. The molecule has 0 spiro atoms. The van der Waals surface area contributed by atoms with E-state index in [1.54, 1.807) is 41.3 Å².